The molecule has 3 aromatic rings. The normalized spacial score (nSPS) is 18.1. The summed E-state index contributed by atoms with van der Waals surface area (Å²) in [7, 11) is 0. The molecular weight excluding hydrogens is 557 g/mol. The van der Waals surface area contributed by atoms with Crippen LogP contribution in [-0.2, 0) is 15.0 Å². The third-order valence-electron chi connectivity index (χ3n) is 7.05. The first kappa shape index (κ1) is 29.7. The van der Waals surface area contributed by atoms with Crippen LogP contribution in [0.15, 0.2) is 118 Å². The Morgan fingerprint density at radius 3 is 1.95 bits per heavy atom. The van der Waals surface area contributed by atoms with Crippen LogP contribution in [-0.4, -0.2) is 16.7 Å². The van der Waals surface area contributed by atoms with Crippen LogP contribution in [0, 0.1) is 5.41 Å². The van der Waals surface area contributed by atoms with Crippen molar-refractivity contribution in [2.24, 2.45) is 5.41 Å². The second kappa shape index (κ2) is 11.5. The van der Waals surface area contributed by atoms with E-state index in [2.05, 4.69) is 65.8 Å². The summed E-state index contributed by atoms with van der Waals surface area (Å²) >= 11 is 3.40. The van der Waals surface area contributed by atoms with Gasteiger partial charge in [-0.05, 0) is 63.5 Å². The number of carbonyl (C=O) groups excluding carboxylic acids is 2. The third kappa shape index (κ3) is 6.33. The van der Waals surface area contributed by atoms with Crippen LogP contribution in [0.3, 0.4) is 0 Å². The molecule has 1 aliphatic carbocycles. The van der Waals surface area contributed by atoms with Gasteiger partial charge in [-0.1, -0.05) is 102 Å². The van der Waals surface area contributed by atoms with Gasteiger partial charge in [0.2, 0.25) is 32.7 Å². The second-order valence-electron chi connectivity index (χ2n) is 12.6. The predicted molar refractivity (Wildman–Crippen MR) is 178 cm³/mol. The Labute approximate surface area is 256 Å². The van der Waals surface area contributed by atoms with Crippen molar-refractivity contribution < 1.29 is 14.7 Å². The number of aliphatic hydroxyl groups is 1. The van der Waals surface area contributed by atoms with Gasteiger partial charge in [0, 0.05) is 28.0 Å². The molecule has 2 heterocycles. The number of hydrogen-bond donors (Lipinski definition) is 1. The van der Waals surface area contributed by atoms with Crippen molar-refractivity contribution in [2.45, 2.75) is 47.0 Å². The van der Waals surface area contributed by atoms with Crippen LogP contribution < -0.4 is 0 Å². The Morgan fingerprint density at radius 2 is 1.36 bits per heavy atom. The zero-order valence-corrected chi connectivity index (χ0v) is 26.5. The third-order valence-corrected chi connectivity index (χ3v) is 10.1. The number of Topliss-reactive ketones (excluding diaryl/α,β-unsaturated/α-hetero) is 2. The molecule has 1 N–H and O–H groups in total. The molecule has 0 saturated heterocycles. The Hall–Kier alpha value is -3.80. The summed E-state index contributed by atoms with van der Waals surface area (Å²) in [6.07, 6.45) is 7.34. The molecule has 1 aliphatic heterocycles. The summed E-state index contributed by atoms with van der Waals surface area (Å²) in [5.74, 6) is -1.66. The van der Waals surface area contributed by atoms with Gasteiger partial charge in [-0.25, -0.2) is 0 Å². The van der Waals surface area contributed by atoms with E-state index in [1.165, 1.54) is 0 Å². The first-order valence-corrected chi connectivity index (χ1v) is 15.6. The number of carbonyl (C=O) groups is 2. The lowest BCUT2D eigenvalue weighted by molar-refractivity contribution is -0.131. The SMILES string of the molecule is CC(C)(C)C1=C/C(=C\C2=C(O)C(=C\c3cc(-c4ccccc4)[s+]c(C(C)(C)C)c3)/C(=O)C2=O)C=C(c2ccccc2)S1. The van der Waals surface area contributed by atoms with Crippen LogP contribution in [0.25, 0.3) is 21.4 Å². The molecule has 2 aliphatic rings. The Balaban J connectivity index is 1.61. The molecule has 0 bridgehead atoms. The molecular formula is C37H35O3S2+. The molecule has 5 heteroatoms. The zero-order valence-electron chi connectivity index (χ0n) is 24.8. The van der Waals surface area contributed by atoms with E-state index >= 15 is 0 Å². The summed E-state index contributed by atoms with van der Waals surface area (Å²) in [4.78, 5) is 30.8. The molecule has 2 aromatic carbocycles. The van der Waals surface area contributed by atoms with Gasteiger partial charge in [-0.3, -0.25) is 9.59 Å². The number of thioether (sulfide) groups is 1. The molecule has 5 rings (SSSR count). The average Bonchev–Trinajstić information content (AvgIpc) is 3.15. The summed E-state index contributed by atoms with van der Waals surface area (Å²) in [5.41, 5.74) is 3.50. The van der Waals surface area contributed by atoms with Crippen molar-refractivity contribution in [1.29, 1.82) is 0 Å². The quantitative estimate of drug-likeness (QED) is 0.186. The second-order valence-corrected chi connectivity index (χ2v) is 14.8. The highest BCUT2D eigenvalue weighted by atomic mass is 32.2. The summed E-state index contributed by atoms with van der Waals surface area (Å²) in [5, 5.41) is 11.3. The molecule has 0 unspecified atom stereocenters. The number of hydrogen-bond acceptors (Lipinski definition) is 4. The van der Waals surface area contributed by atoms with Crippen LogP contribution >= 0.6 is 23.1 Å². The topological polar surface area (TPSA) is 54.4 Å². The van der Waals surface area contributed by atoms with E-state index in [0.717, 1.165) is 41.8 Å². The number of allylic oxidation sites excluding steroid dienone is 7. The number of ketones is 2. The van der Waals surface area contributed by atoms with Gasteiger partial charge in [0.1, 0.15) is 5.76 Å². The molecule has 0 spiro atoms. The first-order chi connectivity index (χ1) is 19.8. The molecule has 0 amide bonds. The van der Waals surface area contributed by atoms with Crippen LogP contribution in [0.1, 0.15) is 57.5 Å². The summed E-state index contributed by atoms with van der Waals surface area (Å²) < 4.78 is 0. The van der Waals surface area contributed by atoms with Crippen LogP contribution in [0.4, 0.5) is 0 Å². The minimum absolute atomic E-state index is 0.0272. The predicted octanol–water partition coefficient (Wildman–Crippen LogP) is 9.99. The molecule has 3 nitrogen and oxygen atoms in total. The minimum Gasteiger partial charge on any atom is -0.506 e. The fourth-order valence-corrected chi connectivity index (χ4v) is 7.02. The van der Waals surface area contributed by atoms with Crippen molar-refractivity contribution in [2.75, 3.05) is 0 Å². The fourth-order valence-electron chi connectivity index (χ4n) is 4.64. The number of rotatable bonds is 4. The van der Waals surface area contributed by atoms with Crippen LogP contribution in [0.2, 0.25) is 0 Å². The maximum Gasteiger partial charge on any atom is 0.238 e. The number of benzene rings is 2. The summed E-state index contributed by atoms with van der Waals surface area (Å²) in [6.45, 7) is 12.9. The standard InChI is InChI=1S/C37H34O3S2/c1-36(2,3)31-21-23(19-29(41-31)25-13-9-7-10-14-25)17-27-33(38)28(35(40)34(27)39)18-24-20-30(26-15-11-8-12-16-26)42-32(22-24)37(4,5)6/h7-22H,1-6H3/p+1. The smallest absolute Gasteiger partial charge is 0.238 e. The highest BCUT2D eigenvalue weighted by molar-refractivity contribution is 8.11. The van der Waals surface area contributed by atoms with Crippen molar-refractivity contribution in [3.63, 3.8) is 0 Å². The lowest BCUT2D eigenvalue weighted by Gasteiger charge is -2.27. The van der Waals surface area contributed by atoms with Crippen molar-refractivity contribution >= 4 is 45.6 Å². The Bertz CT molecular complexity index is 1720. The maximum atomic E-state index is 13.2. The van der Waals surface area contributed by atoms with Crippen molar-refractivity contribution in [3.05, 3.63) is 134 Å². The highest BCUT2D eigenvalue weighted by Gasteiger charge is 2.36. The van der Waals surface area contributed by atoms with Gasteiger partial charge in [0.25, 0.3) is 0 Å². The zero-order chi connectivity index (χ0) is 30.2. The molecule has 0 radical (unpaired) electrons. The lowest BCUT2D eigenvalue weighted by Crippen LogP contribution is -2.11. The largest absolute Gasteiger partial charge is 0.506 e. The highest BCUT2D eigenvalue weighted by Crippen LogP contribution is 2.47. The van der Waals surface area contributed by atoms with Gasteiger partial charge in [0.05, 0.1) is 11.1 Å². The van der Waals surface area contributed by atoms with Gasteiger partial charge >= 0.3 is 0 Å². The minimum atomic E-state index is -0.692. The Morgan fingerprint density at radius 1 is 0.738 bits per heavy atom. The van der Waals surface area contributed by atoms with Gasteiger partial charge in [-0.2, -0.15) is 0 Å². The molecule has 0 atom stereocenters. The summed E-state index contributed by atoms with van der Waals surface area (Å²) in [6, 6.07) is 24.2. The molecule has 42 heavy (non-hydrogen) atoms. The van der Waals surface area contributed by atoms with Crippen LogP contribution in [0.5, 0.6) is 0 Å². The van der Waals surface area contributed by atoms with E-state index < -0.39 is 11.6 Å². The fraction of sp³-hybridized carbons (Fsp3) is 0.216. The average molecular weight is 592 g/mol. The van der Waals surface area contributed by atoms with E-state index in [4.69, 9.17) is 0 Å². The van der Waals surface area contributed by atoms with E-state index in [9.17, 15) is 14.7 Å². The van der Waals surface area contributed by atoms with Gasteiger partial charge in [0.15, 0.2) is 0 Å². The van der Waals surface area contributed by atoms with E-state index in [1.54, 1.807) is 35.3 Å². The molecule has 212 valence electrons. The van der Waals surface area contributed by atoms with E-state index in [1.807, 2.05) is 60.7 Å². The molecule has 0 fully saturated rings. The van der Waals surface area contributed by atoms with Crippen molar-refractivity contribution in [1.82, 2.24) is 0 Å². The van der Waals surface area contributed by atoms with Gasteiger partial charge < -0.3 is 5.11 Å². The maximum absolute atomic E-state index is 13.2. The lowest BCUT2D eigenvalue weighted by atomic mass is 9.93. The first-order valence-electron chi connectivity index (χ1n) is 14.0. The number of aliphatic hydroxyl groups excluding tert-OH is 1. The molecule has 1 aromatic heterocycles. The van der Waals surface area contributed by atoms with Crippen molar-refractivity contribution in [3.8, 4) is 10.4 Å². The van der Waals surface area contributed by atoms with E-state index in [0.29, 0.717) is 0 Å². The monoisotopic (exact) mass is 591 g/mol. The van der Waals surface area contributed by atoms with Gasteiger partial charge in [-0.15, -0.1) is 0 Å². The molecule has 0 saturated carbocycles. The van der Waals surface area contributed by atoms with E-state index in [-0.39, 0.29) is 27.7 Å². The Kier molecular flexibility index (Phi) is 8.10.